The second-order valence-corrected chi connectivity index (χ2v) is 5.80. The van der Waals surface area contributed by atoms with Gasteiger partial charge in [-0.1, -0.05) is 24.3 Å². The summed E-state index contributed by atoms with van der Waals surface area (Å²) in [6.07, 6.45) is 1.83. The third-order valence-corrected chi connectivity index (χ3v) is 4.06. The number of nitrogens with zero attached hydrogens (tertiary/aromatic N) is 1. The highest BCUT2D eigenvalue weighted by molar-refractivity contribution is 7.80. The van der Waals surface area contributed by atoms with Crippen molar-refractivity contribution in [3.05, 3.63) is 65.4 Å². The molecule has 2 aromatic carbocycles. The highest BCUT2D eigenvalue weighted by Crippen LogP contribution is 2.25. The molecule has 1 aliphatic heterocycles. The summed E-state index contributed by atoms with van der Waals surface area (Å²) in [5.74, 6) is 0.606. The Morgan fingerprint density at radius 1 is 1.17 bits per heavy atom. The molecule has 1 N–H and O–H groups in total. The molecular formula is C19H18N2O2S. The first-order valence-corrected chi connectivity index (χ1v) is 8.16. The molecule has 3 rings (SSSR count). The maximum atomic E-state index is 12.7. The highest BCUT2D eigenvalue weighted by Gasteiger charge is 2.31. The van der Waals surface area contributed by atoms with Crippen molar-refractivity contribution >= 4 is 35.0 Å². The molecule has 1 fully saturated rings. The van der Waals surface area contributed by atoms with Crippen LogP contribution in [0.5, 0.6) is 5.75 Å². The van der Waals surface area contributed by atoms with Crippen LogP contribution in [0.1, 0.15) is 18.1 Å². The fourth-order valence-electron chi connectivity index (χ4n) is 2.53. The molecule has 0 spiro atoms. The van der Waals surface area contributed by atoms with Gasteiger partial charge in [0.05, 0.1) is 12.3 Å². The summed E-state index contributed by atoms with van der Waals surface area (Å²) in [4.78, 5) is 14.2. The molecule has 0 saturated carbocycles. The van der Waals surface area contributed by atoms with Gasteiger partial charge in [-0.15, -0.1) is 0 Å². The lowest BCUT2D eigenvalue weighted by molar-refractivity contribution is -0.113. The molecule has 0 unspecified atom stereocenters. The Hall–Kier alpha value is -2.66. The number of anilines is 1. The first-order chi connectivity index (χ1) is 11.6. The fraction of sp³-hybridized carbons (Fsp3) is 0.158. The summed E-state index contributed by atoms with van der Waals surface area (Å²) < 4.78 is 5.43. The Morgan fingerprint density at radius 2 is 1.88 bits per heavy atom. The third kappa shape index (κ3) is 3.16. The average Bonchev–Trinajstić information content (AvgIpc) is 2.85. The quantitative estimate of drug-likeness (QED) is 0.682. The summed E-state index contributed by atoms with van der Waals surface area (Å²) in [5.41, 5.74) is 3.28. The zero-order chi connectivity index (χ0) is 17.1. The minimum absolute atomic E-state index is 0.160. The average molecular weight is 338 g/mol. The maximum Gasteiger partial charge on any atom is 0.281 e. The molecule has 0 aromatic heterocycles. The topological polar surface area (TPSA) is 41.6 Å². The molecule has 0 bridgehead atoms. The van der Waals surface area contributed by atoms with Crippen molar-refractivity contribution in [3.8, 4) is 5.75 Å². The summed E-state index contributed by atoms with van der Waals surface area (Å²) >= 11 is 5.33. The van der Waals surface area contributed by atoms with Crippen LogP contribution in [0, 0.1) is 6.92 Å². The number of thiocarbonyl (C=S) groups is 1. The van der Waals surface area contributed by atoms with Gasteiger partial charge in [0, 0.05) is 0 Å². The lowest BCUT2D eigenvalue weighted by Gasteiger charge is -2.14. The van der Waals surface area contributed by atoms with Crippen LogP contribution in [0.4, 0.5) is 5.69 Å². The number of carbonyl (C=O) groups is 1. The van der Waals surface area contributed by atoms with E-state index in [0.717, 1.165) is 16.9 Å². The van der Waals surface area contributed by atoms with E-state index < -0.39 is 0 Å². The minimum atomic E-state index is -0.160. The van der Waals surface area contributed by atoms with E-state index >= 15 is 0 Å². The molecule has 1 aliphatic rings. The fourth-order valence-corrected chi connectivity index (χ4v) is 2.83. The zero-order valence-corrected chi connectivity index (χ0v) is 14.4. The van der Waals surface area contributed by atoms with Crippen molar-refractivity contribution in [1.82, 2.24) is 5.32 Å². The summed E-state index contributed by atoms with van der Waals surface area (Å²) in [5, 5.41) is 3.38. The largest absolute Gasteiger partial charge is 0.494 e. The number of benzene rings is 2. The van der Waals surface area contributed by atoms with E-state index in [1.54, 1.807) is 0 Å². The van der Waals surface area contributed by atoms with Gasteiger partial charge < -0.3 is 10.1 Å². The van der Waals surface area contributed by atoms with Gasteiger partial charge in [-0.05, 0) is 67.5 Å². The Morgan fingerprint density at radius 3 is 2.54 bits per heavy atom. The lowest BCUT2D eigenvalue weighted by atomic mass is 10.1. The number of rotatable bonds is 4. The molecule has 0 radical (unpaired) electrons. The molecule has 1 amide bonds. The van der Waals surface area contributed by atoms with Crippen molar-refractivity contribution < 1.29 is 9.53 Å². The smallest absolute Gasteiger partial charge is 0.281 e. The van der Waals surface area contributed by atoms with Crippen molar-refractivity contribution in [2.45, 2.75) is 13.8 Å². The Balaban J connectivity index is 1.88. The summed E-state index contributed by atoms with van der Waals surface area (Å²) in [6, 6.07) is 15.2. The number of amides is 1. The Labute approximate surface area is 146 Å². The van der Waals surface area contributed by atoms with E-state index in [1.807, 2.05) is 68.5 Å². The number of carbonyl (C=O) groups excluding carboxylic acids is 1. The number of nitrogens with one attached hydrogen (secondary N) is 1. The monoisotopic (exact) mass is 338 g/mol. The molecule has 0 aliphatic carbocycles. The van der Waals surface area contributed by atoms with Gasteiger partial charge in [-0.3, -0.25) is 9.69 Å². The molecule has 1 heterocycles. The van der Waals surface area contributed by atoms with Gasteiger partial charge >= 0.3 is 0 Å². The predicted octanol–water partition coefficient (Wildman–Crippen LogP) is 3.66. The SMILES string of the molecule is CCOc1ccc(N2C(=O)/C(=C\c3ccccc3C)NC2=S)cc1. The van der Waals surface area contributed by atoms with Crippen LogP contribution in [0.2, 0.25) is 0 Å². The van der Waals surface area contributed by atoms with Crippen LogP contribution in [0.3, 0.4) is 0 Å². The van der Waals surface area contributed by atoms with Gasteiger partial charge in [-0.2, -0.15) is 0 Å². The first-order valence-electron chi connectivity index (χ1n) is 7.76. The van der Waals surface area contributed by atoms with Gasteiger partial charge in [0.2, 0.25) is 0 Å². The number of hydrogen-bond donors (Lipinski definition) is 1. The normalized spacial score (nSPS) is 15.8. The van der Waals surface area contributed by atoms with Crippen LogP contribution < -0.4 is 15.0 Å². The lowest BCUT2D eigenvalue weighted by Crippen LogP contribution is -2.30. The first kappa shape index (κ1) is 16.2. The molecule has 122 valence electrons. The third-order valence-electron chi connectivity index (χ3n) is 3.77. The molecule has 5 heteroatoms. The van der Waals surface area contributed by atoms with Gasteiger partial charge in [0.15, 0.2) is 5.11 Å². The van der Waals surface area contributed by atoms with Crippen molar-refractivity contribution in [2.24, 2.45) is 0 Å². The van der Waals surface area contributed by atoms with Gasteiger partial charge in [-0.25, -0.2) is 0 Å². The second-order valence-electron chi connectivity index (χ2n) is 5.41. The van der Waals surface area contributed by atoms with Crippen LogP contribution in [-0.4, -0.2) is 17.6 Å². The van der Waals surface area contributed by atoms with E-state index in [1.165, 1.54) is 4.90 Å². The standard InChI is InChI=1S/C19H18N2O2S/c1-3-23-16-10-8-15(9-11-16)21-18(22)17(20-19(21)24)12-14-7-5-4-6-13(14)2/h4-12H,3H2,1-2H3,(H,20,24)/b17-12+. The van der Waals surface area contributed by atoms with Gasteiger partial charge in [0.25, 0.3) is 5.91 Å². The highest BCUT2D eigenvalue weighted by atomic mass is 32.1. The van der Waals surface area contributed by atoms with E-state index in [-0.39, 0.29) is 5.91 Å². The van der Waals surface area contributed by atoms with E-state index in [9.17, 15) is 4.79 Å². The Kier molecular flexibility index (Phi) is 4.62. The van der Waals surface area contributed by atoms with Crippen molar-refractivity contribution in [2.75, 3.05) is 11.5 Å². The maximum absolute atomic E-state index is 12.7. The second kappa shape index (κ2) is 6.84. The van der Waals surface area contributed by atoms with E-state index in [2.05, 4.69) is 5.32 Å². The van der Waals surface area contributed by atoms with Gasteiger partial charge in [0.1, 0.15) is 11.4 Å². The molecule has 2 aromatic rings. The molecule has 4 nitrogen and oxygen atoms in total. The summed E-state index contributed by atoms with van der Waals surface area (Å²) in [6.45, 7) is 4.54. The summed E-state index contributed by atoms with van der Waals surface area (Å²) in [7, 11) is 0. The van der Waals surface area contributed by atoms with E-state index in [0.29, 0.717) is 23.1 Å². The molecular weight excluding hydrogens is 320 g/mol. The zero-order valence-electron chi connectivity index (χ0n) is 13.6. The van der Waals surface area contributed by atoms with Crippen molar-refractivity contribution in [1.29, 1.82) is 0 Å². The molecule has 1 saturated heterocycles. The molecule has 24 heavy (non-hydrogen) atoms. The van der Waals surface area contributed by atoms with Crippen LogP contribution in [0.15, 0.2) is 54.2 Å². The van der Waals surface area contributed by atoms with Crippen LogP contribution in [0.25, 0.3) is 6.08 Å². The Bertz CT molecular complexity index is 812. The van der Waals surface area contributed by atoms with Crippen molar-refractivity contribution in [3.63, 3.8) is 0 Å². The minimum Gasteiger partial charge on any atom is -0.494 e. The number of aryl methyl sites for hydroxylation is 1. The number of ether oxygens (including phenoxy) is 1. The molecule has 0 atom stereocenters. The number of hydrogen-bond acceptors (Lipinski definition) is 3. The van der Waals surface area contributed by atoms with Crippen LogP contribution >= 0.6 is 12.2 Å². The predicted molar refractivity (Wildman–Crippen MR) is 100.0 cm³/mol. The van der Waals surface area contributed by atoms with E-state index in [4.69, 9.17) is 17.0 Å². The van der Waals surface area contributed by atoms with Crippen LogP contribution in [-0.2, 0) is 4.79 Å².